The first kappa shape index (κ1) is 12.9. The molecule has 1 aromatic carbocycles. The van der Waals surface area contributed by atoms with Gasteiger partial charge in [0.05, 0.1) is 23.2 Å². The second-order valence-electron chi connectivity index (χ2n) is 3.24. The summed E-state index contributed by atoms with van der Waals surface area (Å²) in [5, 5.41) is 20.6. The Kier molecular flexibility index (Phi) is 3.95. The molecule has 90 valence electrons. The van der Waals surface area contributed by atoms with Gasteiger partial charge < -0.3 is 9.84 Å². The molecule has 0 saturated heterocycles. The summed E-state index contributed by atoms with van der Waals surface area (Å²) < 4.78 is 4.39. The maximum atomic E-state index is 11.2. The summed E-state index contributed by atoms with van der Waals surface area (Å²) in [6.07, 6.45) is -1.45. The van der Waals surface area contributed by atoms with Crippen LogP contribution in [0.15, 0.2) is 36.4 Å². The summed E-state index contributed by atoms with van der Waals surface area (Å²) in [4.78, 5) is 21.3. The van der Waals surface area contributed by atoms with Crippen molar-refractivity contribution in [3.8, 4) is 0 Å². The van der Waals surface area contributed by atoms with Crippen molar-refractivity contribution in [3.05, 3.63) is 52.1 Å². The van der Waals surface area contributed by atoms with E-state index in [0.717, 1.165) is 7.11 Å². The molecule has 1 N–H and O–H groups in total. The average Bonchev–Trinajstić information content (AvgIpc) is 2.35. The van der Waals surface area contributed by atoms with Gasteiger partial charge in [-0.05, 0) is 6.07 Å². The fraction of sp³-hybridized carbons (Fsp3) is 0.182. The molecule has 0 amide bonds. The molecular weight excluding hydrogens is 226 g/mol. The van der Waals surface area contributed by atoms with E-state index in [1.807, 2.05) is 0 Å². The first-order chi connectivity index (χ1) is 7.99. The Hall–Kier alpha value is -2.21. The van der Waals surface area contributed by atoms with E-state index in [0.29, 0.717) is 0 Å². The van der Waals surface area contributed by atoms with Crippen molar-refractivity contribution in [1.29, 1.82) is 0 Å². The normalized spacial score (nSPS) is 11.6. The van der Waals surface area contributed by atoms with E-state index in [2.05, 4.69) is 11.3 Å². The summed E-state index contributed by atoms with van der Waals surface area (Å²) in [5.41, 5.74) is -0.514. The Morgan fingerprint density at radius 1 is 1.53 bits per heavy atom. The smallest absolute Gasteiger partial charge is 0.336 e. The van der Waals surface area contributed by atoms with Crippen molar-refractivity contribution < 1.29 is 19.6 Å². The molecule has 0 aromatic heterocycles. The number of ether oxygens (including phenoxy) is 1. The summed E-state index contributed by atoms with van der Waals surface area (Å²) >= 11 is 0. The SMILES string of the molecule is C=C(C(=O)OC)[C@H](O)c1ccccc1[N+](=O)[O-]. The highest BCUT2D eigenvalue weighted by Gasteiger charge is 2.25. The van der Waals surface area contributed by atoms with Gasteiger partial charge in [-0.2, -0.15) is 0 Å². The zero-order valence-corrected chi connectivity index (χ0v) is 9.12. The molecule has 0 radical (unpaired) electrons. The van der Waals surface area contributed by atoms with Crippen LogP contribution in [-0.2, 0) is 9.53 Å². The van der Waals surface area contributed by atoms with Crippen LogP contribution in [0.3, 0.4) is 0 Å². The van der Waals surface area contributed by atoms with E-state index in [9.17, 15) is 20.0 Å². The minimum Gasteiger partial charge on any atom is -0.466 e. The van der Waals surface area contributed by atoms with Crippen molar-refractivity contribution in [2.45, 2.75) is 6.10 Å². The molecule has 0 heterocycles. The number of para-hydroxylation sites is 1. The maximum absolute atomic E-state index is 11.2. The van der Waals surface area contributed by atoms with Crippen LogP contribution in [0, 0.1) is 10.1 Å². The van der Waals surface area contributed by atoms with Gasteiger partial charge in [-0.3, -0.25) is 10.1 Å². The summed E-state index contributed by atoms with van der Waals surface area (Å²) in [7, 11) is 1.14. The van der Waals surface area contributed by atoms with E-state index in [4.69, 9.17) is 0 Å². The highest BCUT2D eigenvalue weighted by Crippen LogP contribution is 2.29. The standard InChI is InChI=1S/C11H11NO5/c1-7(11(14)17-2)10(13)8-5-3-4-6-9(8)12(15)16/h3-6,10,13H,1H2,2H3/t10-/m0/s1. The number of hydrogen-bond donors (Lipinski definition) is 1. The number of nitro groups is 1. The fourth-order valence-electron chi connectivity index (χ4n) is 1.32. The van der Waals surface area contributed by atoms with Gasteiger partial charge in [0.2, 0.25) is 0 Å². The zero-order chi connectivity index (χ0) is 13.0. The molecule has 6 heteroatoms. The van der Waals surface area contributed by atoms with Crippen molar-refractivity contribution in [3.63, 3.8) is 0 Å². The van der Waals surface area contributed by atoms with Crippen LogP contribution in [0.2, 0.25) is 0 Å². The zero-order valence-electron chi connectivity index (χ0n) is 9.12. The predicted octanol–water partition coefficient (Wildman–Crippen LogP) is 1.36. The number of aliphatic hydroxyl groups excluding tert-OH is 1. The van der Waals surface area contributed by atoms with Crippen LogP contribution >= 0.6 is 0 Å². The molecule has 6 nitrogen and oxygen atoms in total. The molecule has 0 aliphatic carbocycles. The molecule has 17 heavy (non-hydrogen) atoms. The molecule has 0 aliphatic heterocycles. The van der Waals surface area contributed by atoms with Crippen LogP contribution < -0.4 is 0 Å². The number of benzene rings is 1. The Labute approximate surface area is 97.3 Å². The van der Waals surface area contributed by atoms with Gasteiger partial charge in [0, 0.05) is 6.07 Å². The molecule has 0 unspecified atom stereocenters. The largest absolute Gasteiger partial charge is 0.466 e. The third kappa shape index (κ3) is 2.67. The van der Waals surface area contributed by atoms with Crippen LogP contribution in [-0.4, -0.2) is 23.1 Å². The first-order valence-corrected chi connectivity index (χ1v) is 4.67. The van der Waals surface area contributed by atoms with Crippen molar-refractivity contribution >= 4 is 11.7 Å². The number of rotatable bonds is 4. The first-order valence-electron chi connectivity index (χ1n) is 4.67. The topological polar surface area (TPSA) is 89.7 Å². The van der Waals surface area contributed by atoms with E-state index >= 15 is 0 Å². The van der Waals surface area contributed by atoms with Gasteiger partial charge in [0.15, 0.2) is 0 Å². The molecule has 1 rings (SSSR count). The maximum Gasteiger partial charge on any atom is 0.336 e. The highest BCUT2D eigenvalue weighted by atomic mass is 16.6. The monoisotopic (exact) mass is 237 g/mol. The van der Waals surface area contributed by atoms with Gasteiger partial charge in [-0.1, -0.05) is 18.7 Å². The molecule has 0 saturated carbocycles. The number of nitro benzene ring substituents is 1. The van der Waals surface area contributed by atoms with Gasteiger partial charge >= 0.3 is 5.97 Å². The number of nitrogens with zero attached hydrogens (tertiary/aromatic N) is 1. The molecular formula is C11H11NO5. The molecule has 0 aliphatic rings. The number of aliphatic hydroxyl groups is 1. The molecule has 1 aromatic rings. The Bertz CT molecular complexity index is 469. The molecule has 0 bridgehead atoms. The minimum absolute atomic E-state index is 0.00731. The quantitative estimate of drug-likeness (QED) is 0.369. The van der Waals surface area contributed by atoms with E-state index in [1.165, 1.54) is 24.3 Å². The van der Waals surface area contributed by atoms with Gasteiger partial charge in [-0.15, -0.1) is 0 Å². The molecule has 1 atom stereocenters. The Morgan fingerprint density at radius 3 is 2.65 bits per heavy atom. The highest BCUT2D eigenvalue weighted by molar-refractivity contribution is 5.89. The van der Waals surface area contributed by atoms with Crippen LogP contribution in [0.1, 0.15) is 11.7 Å². The van der Waals surface area contributed by atoms with Gasteiger partial charge in [0.25, 0.3) is 5.69 Å². The average molecular weight is 237 g/mol. The third-order valence-corrected chi connectivity index (χ3v) is 2.21. The van der Waals surface area contributed by atoms with E-state index in [1.54, 1.807) is 0 Å². The lowest BCUT2D eigenvalue weighted by atomic mass is 10.0. The second kappa shape index (κ2) is 5.22. The minimum atomic E-state index is -1.45. The van der Waals surface area contributed by atoms with Crippen LogP contribution in [0.4, 0.5) is 5.69 Å². The fourth-order valence-corrected chi connectivity index (χ4v) is 1.32. The molecule has 0 spiro atoms. The lowest BCUT2D eigenvalue weighted by Gasteiger charge is -2.12. The number of carbonyl (C=O) groups excluding carboxylic acids is 1. The third-order valence-electron chi connectivity index (χ3n) is 2.21. The van der Waals surface area contributed by atoms with Crippen molar-refractivity contribution in [2.24, 2.45) is 0 Å². The van der Waals surface area contributed by atoms with Crippen molar-refractivity contribution in [1.82, 2.24) is 0 Å². The number of hydrogen-bond acceptors (Lipinski definition) is 5. The summed E-state index contributed by atoms with van der Waals surface area (Å²) in [5.74, 6) is -0.810. The summed E-state index contributed by atoms with van der Waals surface area (Å²) in [6.45, 7) is 3.36. The Balaban J connectivity index is 3.12. The van der Waals surface area contributed by atoms with Crippen LogP contribution in [0.5, 0.6) is 0 Å². The lowest BCUT2D eigenvalue weighted by Crippen LogP contribution is -2.13. The van der Waals surface area contributed by atoms with E-state index < -0.39 is 17.0 Å². The number of esters is 1. The van der Waals surface area contributed by atoms with E-state index in [-0.39, 0.29) is 16.8 Å². The van der Waals surface area contributed by atoms with Crippen molar-refractivity contribution in [2.75, 3.05) is 7.11 Å². The predicted molar refractivity (Wildman–Crippen MR) is 59.2 cm³/mol. The Morgan fingerprint density at radius 2 is 2.12 bits per heavy atom. The molecule has 0 fully saturated rings. The second-order valence-corrected chi connectivity index (χ2v) is 3.24. The lowest BCUT2D eigenvalue weighted by molar-refractivity contribution is -0.386. The number of carbonyl (C=O) groups is 1. The number of methoxy groups -OCH3 is 1. The van der Waals surface area contributed by atoms with Crippen LogP contribution in [0.25, 0.3) is 0 Å². The van der Waals surface area contributed by atoms with Gasteiger partial charge in [-0.25, -0.2) is 4.79 Å². The van der Waals surface area contributed by atoms with Gasteiger partial charge in [0.1, 0.15) is 6.10 Å². The summed E-state index contributed by atoms with van der Waals surface area (Å²) in [6, 6.07) is 5.59.